The van der Waals surface area contributed by atoms with Crippen LogP contribution in [0, 0.1) is 0 Å². The maximum Gasteiger partial charge on any atom is 0.152 e. The zero-order valence-electron chi connectivity index (χ0n) is 9.50. The van der Waals surface area contributed by atoms with Crippen molar-refractivity contribution in [2.24, 2.45) is 5.84 Å². The Morgan fingerprint density at radius 2 is 2.22 bits per heavy atom. The van der Waals surface area contributed by atoms with E-state index in [9.17, 15) is 0 Å². The van der Waals surface area contributed by atoms with Gasteiger partial charge in [0, 0.05) is 18.8 Å². The maximum absolute atomic E-state index is 5.49. The minimum atomic E-state index is 0.649. The van der Waals surface area contributed by atoms with Crippen molar-refractivity contribution in [3.8, 4) is 0 Å². The molecule has 3 aromatic rings. The van der Waals surface area contributed by atoms with E-state index in [2.05, 4.69) is 20.4 Å². The average molecular weight is 257 g/mol. The molecule has 0 aliphatic rings. The molecule has 0 spiro atoms. The second-order valence-corrected chi connectivity index (χ2v) is 4.70. The smallest absolute Gasteiger partial charge is 0.152 e. The Morgan fingerprint density at radius 1 is 1.28 bits per heavy atom. The highest BCUT2D eigenvalue weighted by Gasteiger charge is 2.08. The van der Waals surface area contributed by atoms with Crippen molar-refractivity contribution in [2.75, 3.05) is 5.43 Å². The molecule has 0 aromatic carbocycles. The van der Waals surface area contributed by atoms with Crippen LogP contribution in [0.25, 0.3) is 10.2 Å². The third-order valence-electron chi connectivity index (χ3n) is 2.59. The van der Waals surface area contributed by atoms with Crippen molar-refractivity contribution in [1.29, 1.82) is 0 Å². The van der Waals surface area contributed by atoms with Gasteiger partial charge in [-0.25, -0.2) is 15.8 Å². The highest BCUT2D eigenvalue weighted by Crippen LogP contribution is 2.24. The molecular weight excluding hydrogens is 246 g/mol. The molecule has 0 saturated heterocycles. The monoisotopic (exact) mass is 257 g/mol. The van der Waals surface area contributed by atoms with E-state index in [1.165, 1.54) is 0 Å². The van der Waals surface area contributed by atoms with Crippen molar-refractivity contribution < 1.29 is 0 Å². The van der Waals surface area contributed by atoms with Crippen molar-refractivity contribution in [3.05, 3.63) is 47.4 Å². The fourth-order valence-corrected chi connectivity index (χ4v) is 2.56. The van der Waals surface area contributed by atoms with Crippen LogP contribution in [-0.4, -0.2) is 15.0 Å². The topological polar surface area (TPSA) is 76.7 Å². The fourth-order valence-electron chi connectivity index (χ4n) is 1.77. The average Bonchev–Trinajstić information content (AvgIpc) is 2.87. The lowest BCUT2D eigenvalue weighted by atomic mass is 10.2. The molecular formula is C12H11N5S. The number of hydrazine groups is 1. The number of anilines is 1. The van der Waals surface area contributed by atoms with Gasteiger partial charge in [-0.15, -0.1) is 11.3 Å². The van der Waals surface area contributed by atoms with E-state index in [4.69, 9.17) is 5.84 Å². The standard InChI is InChI=1S/C12H11N5S/c13-17-11-9-3-5-18-12(9)16-10(15-11)6-8-2-1-4-14-7-8/h1-5,7H,6,13H2,(H,15,16,17). The second-order valence-electron chi connectivity index (χ2n) is 3.81. The van der Waals surface area contributed by atoms with E-state index in [1.807, 2.05) is 29.8 Å². The van der Waals surface area contributed by atoms with E-state index >= 15 is 0 Å². The number of rotatable bonds is 3. The molecule has 0 atom stereocenters. The first-order chi connectivity index (χ1) is 8.86. The molecule has 0 fully saturated rings. The number of nitrogens with one attached hydrogen (secondary N) is 1. The Balaban J connectivity index is 2.02. The summed E-state index contributed by atoms with van der Waals surface area (Å²) in [6.07, 6.45) is 4.22. The summed E-state index contributed by atoms with van der Waals surface area (Å²) in [5.74, 6) is 6.90. The highest BCUT2D eigenvalue weighted by atomic mass is 32.1. The van der Waals surface area contributed by atoms with Gasteiger partial charge in [0.2, 0.25) is 0 Å². The first-order valence-corrected chi connectivity index (χ1v) is 6.34. The first kappa shape index (κ1) is 11.1. The van der Waals surface area contributed by atoms with Crippen molar-refractivity contribution in [3.63, 3.8) is 0 Å². The van der Waals surface area contributed by atoms with Gasteiger partial charge in [-0.3, -0.25) is 4.98 Å². The summed E-state index contributed by atoms with van der Waals surface area (Å²) in [6, 6.07) is 5.87. The number of hydrogen-bond acceptors (Lipinski definition) is 6. The highest BCUT2D eigenvalue weighted by molar-refractivity contribution is 7.16. The summed E-state index contributed by atoms with van der Waals surface area (Å²) >= 11 is 1.58. The van der Waals surface area contributed by atoms with E-state index in [-0.39, 0.29) is 0 Å². The predicted octanol–water partition coefficient (Wildman–Crippen LogP) is 1.96. The van der Waals surface area contributed by atoms with Crippen LogP contribution in [0.3, 0.4) is 0 Å². The molecule has 3 aromatic heterocycles. The Labute approximate surface area is 108 Å². The summed E-state index contributed by atoms with van der Waals surface area (Å²) in [6.45, 7) is 0. The number of nitrogens with zero attached hydrogens (tertiary/aromatic N) is 3. The van der Waals surface area contributed by atoms with Gasteiger partial charge in [-0.2, -0.15) is 0 Å². The first-order valence-electron chi connectivity index (χ1n) is 5.46. The third kappa shape index (κ3) is 2.03. The van der Waals surface area contributed by atoms with E-state index < -0.39 is 0 Å². The minimum Gasteiger partial charge on any atom is -0.308 e. The minimum absolute atomic E-state index is 0.649. The predicted molar refractivity (Wildman–Crippen MR) is 72.3 cm³/mol. The van der Waals surface area contributed by atoms with E-state index in [1.54, 1.807) is 17.5 Å². The molecule has 0 aliphatic carbocycles. The van der Waals surface area contributed by atoms with Crippen LogP contribution in [-0.2, 0) is 6.42 Å². The Hall–Kier alpha value is -2.05. The number of aromatic nitrogens is 3. The molecule has 0 aliphatic heterocycles. The zero-order chi connectivity index (χ0) is 12.4. The quantitative estimate of drug-likeness (QED) is 0.554. The van der Waals surface area contributed by atoms with Gasteiger partial charge in [0.1, 0.15) is 10.7 Å². The second kappa shape index (κ2) is 4.67. The van der Waals surface area contributed by atoms with Crippen LogP contribution >= 0.6 is 11.3 Å². The summed E-state index contributed by atoms with van der Waals surface area (Å²) in [5, 5.41) is 2.94. The van der Waals surface area contributed by atoms with Crippen LogP contribution in [0.4, 0.5) is 5.82 Å². The molecule has 0 saturated carbocycles. The molecule has 90 valence electrons. The molecule has 0 amide bonds. The summed E-state index contributed by atoms with van der Waals surface area (Å²) in [4.78, 5) is 14.0. The third-order valence-corrected chi connectivity index (χ3v) is 3.40. The Bertz CT molecular complexity index is 665. The van der Waals surface area contributed by atoms with Gasteiger partial charge in [-0.1, -0.05) is 6.07 Å². The summed E-state index contributed by atoms with van der Waals surface area (Å²) < 4.78 is 0. The SMILES string of the molecule is NNc1nc(Cc2cccnc2)nc2sccc12. The number of nitrogens with two attached hydrogens (primary N) is 1. The molecule has 6 heteroatoms. The molecule has 0 radical (unpaired) electrons. The molecule has 3 heterocycles. The summed E-state index contributed by atoms with van der Waals surface area (Å²) in [5.41, 5.74) is 3.70. The molecule has 0 bridgehead atoms. The molecule has 3 rings (SSSR count). The van der Waals surface area contributed by atoms with Gasteiger partial charge in [0.25, 0.3) is 0 Å². The lowest BCUT2D eigenvalue weighted by molar-refractivity contribution is 0.985. The van der Waals surface area contributed by atoms with E-state index in [0.717, 1.165) is 21.6 Å². The van der Waals surface area contributed by atoms with Gasteiger partial charge in [0.15, 0.2) is 5.82 Å². The van der Waals surface area contributed by atoms with Crippen LogP contribution in [0.15, 0.2) is 36.0 Å². The number of nitrogen functional groups attached to an aromatic ring is 1. The van der Waals surface area contributed by atoms with Gasteiger partial charge < -0.3 is 5.43 Å². The maximum atomic E-state index is 5.49. The lowest BCUT2D eigenvalue weighted by Crippen LogP contribution is -2.10. The van der Waals surface area contributed by atoms with Crippen molar-refractivity contribution in [2.45, 2.75) is 6.42 Å². The normalized spacial score (nSPS) is 10.7. The zero-order valence-corrected chi connectivity index (χ0v) is 10.3. The Kier molecular flexibility index (Phi) is 2.87. The van der Waals surface area contributed by atoms with Gasteiger partial charge >= 0.3 is 0 Å². The van der Waals surface area contributed by atoms with E-state index in [0.29, 0.717) is 12.2 Å². The number of thiophene rings is 1. The molecule has 0 unspecified atom stereocenters. The number of fused-ring (bicyclic) bond motifs is 1. The van der Waals surface area contributed by atoms with Crippen LogP contribution in [0.2, 0.25) is 0 Å². The lowest BCUT2D eigenvalue weighted by Gasteiger charge is -2.05. The molecule has 18 heavy (non-hydrogen) atoms. The fraction of sp³-hybridized carbons (Fsp3) is 0.0833. The van der Waals surface area contributed by atoms with Crippen LogP contribution in [0.1, 0.15) is 11.4 Å². The largest absolute Gasteiger partial charge is 0.308 e. The van der Waals surface area contributed by atoms with Crippen LogP contribution < -0.4 is 11.3 Å². The van der Waals surface area contributed by atoms with Crippen molar-refractivity contribution in [1.82, 2.24) is 15.0 Å². The number of pyridine rings is 1. The number of hydrogen-bond donors (Lipinski definition) is 2. The van der Waals surface area contributed by atoms with Gasteiger partial charge in [0.05, 0.1) is 5.39 Å². The van der Waals surface area contributed by atoms with Gasteiger partial charge in [-0.05, 0) is 23.1 Å². The van der Waals surface area contributed by atoms with Crippen LogP contribution in [0.5, 0.6) is 0 Å². The molecule has 5 nitrogen and oxygen atoms in total. The van der Waals surface area contributed by atoms with Crippen molar-refractivity contribution >= 4 is 27.4 Å². The molecule has 3 N–H and O–H groups in total. The summed E-state index contributed by atoms with van der Waals surface area (Å²) in [7, 11) is 0. The Morgan fingerprint density at radius 3 is 3.00 bits per heavy atom.